The molecule has 0 unspecified atom stereocenters. The van der Waals surface area contributed by atoms with Gasteiger partial charge in [-0.2, -0.15) is 0 Å². The Morgan fingerprint density at radius 2 is 1.83 bits per heavy atom. The molecule has 1 N–H and O–H groups in total. The summed E-state index contributed by atoms with van der Waals surface area (Å²) in [7, 11) is 1.33. The van der Waals surface area contributed by atoms with Crippen molar-refractivity contribution in [2.75, 3.05) is 7.11 Å². The van der Waals surface area contributed by atoms with Crippen LogP contribution in [0.2, 0.25) is 0 Å². The Kier molecular flexibility index (Phi) is 6.03. The molecule has 0 aromatic heterocycles. The second-order valence-electron chi connectivity index (χ2n) is 8.36. The standard InChI is InChI=1S/C28H21BrFNO4/c1-15-23(28(33)34-2)24(25-26(31-15)19-8-3-4-9-20(19)27(25)32)17-10-11-22(21(29)13-17)35-14-16-6-5-7-18(30)12-16/h3-13,24,31H,14H2,1-2H3/t24-/m1/s1. The van der Waals surface area contributed by atoms with Gasteiger partial charge in [0, 0.05) is 28.3 Å². The zero-order chi connectivity index (χ0) is 24.7. The number of allylic oxidation sites excluding steroid dienone is 2. The van der Waals surface area contributed by atoms with Crippen molar-refractivity contribution in [1.82, 2.24) is 5.32 Å². The zero-order valence-corrected chi connectivity index (χ0v) is 20.6. The van der Waals surface area contributed by atoms with E-state index >= 15 is 0 Å². The number of hydrogen-bond acceptors (Lipinski definition) is 5. The number of nitrogens with one attached hydrogen (secondary N) is 1. The number of esters is 1. The lowest BCUT2D eigenvalue weighted by atomic mass is 9.80. The van der Waals surface area contributed by atoms with E-state index in [0.717, 1.165) is 11.1 Å². The lowest BCUT2D eigenvalue weighted by Gasteiger charge is -2.29. The molecule has 0 radical (unpaired) electrons. The predicted octanol–water partition coefficient (Wildman–Crippen LogP) is 5.91. The zero-order valence-electron chi connectivity index (χ0n) is 19.0. The number of dihydropyridines is 1. The van der Waals surface area contributed by atoms with Crippen molar-refractivity contribution in [1.29, 1.82) is 0 Å². The number of methoxy groups -OCH3 is 1. The van der Waals surface area contributed by atoms with E-state index in [-0.39, 0.29) is 18.2 Å². The van der Waals surface area contributed by atoms with E-state index in [0.29, 0.717) is 43.9 Å². The lowest BCUT2D eigenvalue weighted by molar-refractivity contribution is -0.136. The number of carbonyl (C=O) groups excluding carboxylic acids is 2. The fraction of sp³-hybridized carbons (Fsp3) is 0.143. The van der Waals surface area contributed by atoms with Crippen LogP contribution in [0, 0.1) is 5.82 Å². The summed E-state index contributed by atoms with van der Waals surface area (Å²) in [6.07, 6.45) is 0. The maximum atomic E-state index is 13.5. The van der Waals surface area contributed by atoms with E-state index < -0.39 is 11.9 Å². The third-order valence-electron chi connectivity index (χ3n) is 6.23. The van der Waals surface area contributed by atoms with Crippen LogP contribution in [-0.4, -0.2) is 18.9 Å². The molecule has 5 rings (SSSR count). The number of rotatable bonds is 5. The number of fused-ring (bicyclic) bond motifs is 2. The van der Waals surface area contributed by atoms with Gasteiger partial charge in [0.15, 0.2) is 5.78 Å². The molecule has 1 aliphatic heterocycles. The van der Waals surface area contributed by atoms with Crippen LogP contribution in [0.5, 0.6) is 5.75 Å². The van der Waals surface area contributed by atoms with Gasteiger partial charge in [0.1, 0.15) is 18.2 Å². The highest BCUT2D eigenvalue weighted by atomic mass is 79.9. The molecule has 0 bridgehead atoms. The van der Waals surface area contributed by atoms with Crippen molar-refractivity contribution in [3.63, 3.8) is 0 Å². The molecule has 7 heteroatoms. The molecular formula is C28H21BrFNO4. The molecule has 176 valence electrons. The number of Topliss-reactive ketones (excluding diaryl/α,β-unsaturated/α-hetero) is 1. The van der Waals surface area contributed by atoms with E-state index in [1.54, 1.807) is 31.2 Å². The Hall–Kier alpha value is -3.71. The van der Waals surface area contributed by atoms with Gasteiger partial charge in [0.05, 0.1) is 22.9 Å². The molecule has 1 heterocycles. The molecule has 0 fully saturated rings. The van der Waals surface area contributed by atoms with E-state index in [9.17, 15) is 14.0 Å². The minimum absolute atomic E-state index is 0.121. The van der Waals surface area contributed by atoms with Gasteiger partial charge in [-0.25, -0.2) is 9.18 Å². The number of ether oxygens (including phenoxy) is 2. The van der Waals surface area contributed by atoms with E-state index in [4.69, 9.17) is 9.47 Å². The molecule has 35 heavy (non-hydrogen) atoms. The number of carbonyl (C=O) groups is 2. The minimum Gasteiger partial charge on any atom is -0.488 e. The van der Waals surface area contributed by atoms with Gasteiger partial charge in [0.25, 0.3) is 0 Å². The van der Waals surface area contributed by atoms with Crippen LogP contribution >= 0.6 is 15.9 Å². The third-order valence-corrected chi connectivity index (χ3v) is 6.85. The Balaban J connectivity index is 1.54. The Morgan fingerprint density at radius 3 is 2.54 bits per heavy atom. The third kappa shape index (κ3) is 4.06. The molecule has 0 spiro atoms. The molecule has 0 amide bonds. The molecule has 0 saturated carbocycles. The molecule has 3 aromatic carbocycles. The Morgan fingerprint density at radius 1 is 1.06 bits per heavy atom. The number of ketones is 1. The first-order valence-corrected chi connectivity index (χ1v) is 11.8. The van der Waals surface area contributed by atoms with Crippen molar-refractivity contribution in [3.8, 4) is 5.75 Å². The van der Waals surface area contributed by atoms with Gasteiger partial charge in [-0.15, -0.1) is 0 Å². The molecular weight excluding hydrogens is 513 g/mol. The molecule has 1 atom stereocenters. The summed E-state index contributed by atoms with van der Waals surface area (Å²) in [5.41, 5.74) is 5.10. The fourth-order valence-electron chi connectivity index (χ4n) is 4.64. The minimum atomic E-state index is -0.618. The fourth-order valence-corrected chi connectivity index (χ4v) is 5.16. The van der Waals surface area contributed by atoms with Crippen molar-refractivity contribution in [2.24, 2.45) is 0 Å². The summed E-state index contributed by atoms with van der Waals surface area (Å²) in [6, 6.07) is 19.1. The normalized spacial score (nSPS) is 16.6. The van der Waals surface area contributed by atoms with Gasteiger partial charge in [-0.1, -0.05) is 42.5 Å². The first kappa shape index (κ1) is 23.1. The monoisotopic (exact) mass is 533 g/mol. The predicted molar refractivity (Wildman–Crippen MR) is 133 cm³/mol. The molecule has 0 saturated heterocycles. The Bertz CT molecular complexity index is 1440. The first-order valence-electron chi connectivity index (χ1n) is 11.0. The summed E-state index contributed by atoms with van der Waals surface area (Å²) < 4.78 is 25.1. The smallest absolute Gasteiger partial charge is 0.336 e. The van der Waals surface area contributed by atoms with Gasteiger partial charge in [-0.05, 0) is 58.2 Å². The van der Waals surface area contributed by atoms with Crippen LogP contribution in [0.1, 0.15) is 39.9 Å². The number of halogens is 2. The summed E-state index contributed by atoms with van der Waals surface area (Å²) in [5.74, 6) is -1.01. The maximum absolute atomic E-state index is 13.5. The van der Waals surface area contributed by atoms with Crippen LogP contribution in [0.3, 0.4) is 0 Å². The van der Waals surface area contributed by atoms with Crippen LogP contribution in [0.15, 0.2) is 88.0 Å². The van der Waals surface area contributed by atoms with Gasteiger partial charge < -0.3 is 14.8 Å². The highest BCUT2D eigenvalue weighted by molar-refractivity contribution is 9.10. The second kappa shape index (κ2) is 9.15. The largest absolute Gasteiger partial charge is 0.488 e. The molecule has 1 aliphatic carbocycles. The number of hydrogen-bond donors (Lipinski definition) is 1. The van der Waals surface area contributed by atoms with Crippen LogP contribution in [0.4, 0.5) is 4.39 Å². The maximum Gasteiger partial charge on any atom is 0.336 e. The second-order valence-corrected chi connectivity index (χ2v) is 9.21. The Labute approximate surface area is 210 Å². The molecule has 3 aromatic rings. The number of benzene rings is 3. The highest BCUT2D eigenvalue weighted by Gasteiger charge is 2.42. The molecule has 2 aliphatic rings. The van der Waals surface area contributed by atoms with E-state index in [1.165, 1.54) is 19.2 Å². The van der Waals surface area contributed by atoms with Crippen LogP contribution in [0.25, 0.3) is 5.70 Å². The summed E-state index contributed by atoms with van der Waals surface area (Å²) in [4.78, 5) is 26.3. The van der Waals surface area contributed by atoms with Gasteiger partial charge in [-0.3, -0.25) is 4.79 Å². The van der Waals surface area contributed by atoms with E-state index in [1.807, 2.05) is 30.3 Å². The topological polar surface area (TPSA) is 64.6 Å². The van der Waals surface area contributed by atoms with Crippen molar-refractivity contribution in [3.05, 3.63) is 116 Å². The van der Waals surface area contributed by atoms with Crippen LogP contribution < -0.4 is 10.1 Å². The average molecular weight is 534 g/mol. The van der Waals surface area contributed by atoms with Gasteiger partial charge in [0.2, 0.25) is 0 Å². The molecule has 5 nitrogen and oxygen atoms in total. The lowest BCUT2D eigenvalue weighted by Crippen LogP contribution is -2.29. The van der Waals surface area contributed by atoms with E-state index in [2.05, 4.69) is 21.2 Å². The van der Waals surface area contributed by atoms with Crippen LogP contribution in [-0.2, 0) is 16.1 Å². The van der Waals surface area contributed by atoms with Crippen molar-refractivity contribution >= 4 is 33.4 Å². The first-order chi connectivity index (χ1) is 16.9. The summed E-state index contributed by atoms with van der Waals surface area (Å²) in [5, 5.41) is 3.27. The summed E-state index contributed by atoms with van der Waals surface area (Å²) >= 11 is 3.56. The van der Waals surface area contributed by atoms with Gasteiger partial charge >= 0.3 is 5.97 Å². The average Bonchev–Trinajstić information content (AvgIpc) is 3.13. The quantitative estimate of drug-likeness (QED) is 0.413. The van der Waals surface area contributed by atoms with Crippen molar-refractivity contribution < 1.29 is 23.5 Å². The highest BCUT2D eigenvalue weighted by Crippen LogP contribution is 2.47. The SMILES string of the molecule is COC(=O)C1=C(C)NC2=C(C(=O)c3ccccc32)[C@@H]1c1ccc(OCc2cccc(F)c2)c(Br)c1. The van der Waals surface area contributed by atoms with Crippen molar-refractivity contribution in [2.45, 2.75) is 19.4 Å². The summed E-state index contributed by atoms with van der Waals surface area (Å²) in [6.45, 7) is 2.00.